The lowest BCUT2D eigenvalue weighted by Crippen LogP contribution is -2.29. The fourth-order valence-corrected chi connectivity index (χ4v) is 6.84. The Hall–Kier alpha value is -2.29. The van der Waals surface area contributed by atoms with Crippen molar-refractivity contribution < 1.29 is 37.6 Å². The predicted octanol–water partition coefficient (Wildman–Crippen LogP) is 13.3. The summed E-state index contributed by atoms with van der Waals surface area (Å²) < 4.78 is 32.8. The van der Waals surface area contributed by atoms with Crippen molar-refractivity contribution in [2.45, 2.75) is 200 Å². The van der Waals surface area contributed by atoms with Crippen LogP contribution in [0.4, 0.5) is 0 Å². The first kappa shape index (κ1) is 54.7. The molecular weight excluding hydrogens is 737 g/mol. The summed E-state index contributed by atoms with van der Waals surface area (Å²) in [5.41, 5.74) is 5.35. The van der Waals surface area contributed by atoms with Crippen molar-refractivity contribution in [1.82, 2.24) is 0 Å². The lowest BCUT2D eigenvalue weighted by molar-refractivity contribution is -0.161. The minimum atomic E-state index is -4.39. The van der Waals surface area contributed by atoms with Gasteiger partial charge in [0.15, 0.2) is 6.10 Å². The van der Waals surface area contributed by atoms with Gasteiger partial charge in [0.25, 0.3) is 0 Å². The molecule has 0 saturated carbocycles. The molecule has 9 nitrogen and oxygen atoms in total. The standard InChI is InChI=1S/C47H84NO8P/c1-3-5-7-9-11-13-15-17-19-21-22-24-26-28-30-32-34-36-38-40-47(50)56-45(44-55-57(51,52)54-42-41-48)43-53-46(49)39-37-35-33-31-29-27-25-23-20-18-16-14-12-10-8-6-4-2/h5,7,11,13,17,19,22,24,28,30,45H,3-4,6,8-10,12,14-16,18,20-21,23,25-27,29,31-44,48H2,1-2H3,(H,51,52)/b7-5-,13-11-,19-17-,24-22-,30-28-. The van der Waals surface area contributed by atoms with Crippen LogP contribution < -0.4 is 5.73 Å². The van der Waals surface area contributed by atoms with E-state index < -0.39 is 32.5 Å². The van der Waals surface area contributed by atoms with Gasteiger partial charge >= 0.3 is 19.8 Å². The minimum absolute atomic E-state index is 0.0460. The molecule has 0 bridgehead atoms. The number of carbonyl (C=O) groups is 2. The highest BCUT2D eigenvalue weighted by atomic mass is 31.2. The number of carbonyl (C=O) groups excluding carboxylic acids is 2. The Kier molecular flexibility index (Phi) is 41.6. The molecule has 0 radical (unpaired) electrons. The number of phosphoric acid groups is 1. The lowest BCUT2D eigenvalue weighted by Gasteiger charge is -2.19. The van der Waals surface area contributed by atoms with Gasteiger partial charge in [-0.1, -0.05) is 184 Å². The van der Waals surface area contributed by atoms with E-state index in [9.17, 15) is 19.0 Å². The first-order valence-corrected chi connectivity index (χ1v) is 24.3. The number of nitrogens with two attached hydrogens (primary N) is 1. The zero-order valence-corrected chi connectivity index (χ0v) is 37.2. The summed E-state index contributed by atoms with van der Waals surface area (Å²) in [6, 6.07) is 0. The molecule has 2 atom stereocenters. The molecule has 0 rings (SSSR count). The Morgan fingerprint density at radius 2 is 0.965 bits per heavy atom. The summed E-state index contributed by atoms with van der Waals surface area (Å²) in [6.45, 7) is 3.59. The summed E-state index contributed by atoms with van der Waals surface area (Å²) in [6.07, 6.45) is 51.1. The lowest BCUT2D eigenvalue weighted by atomic mass is 10.0. The van der Waals surface area contributed by atoms with Crippen LogP contribution in [0.3, 0.4) is 0 Å². The second-order valence-electron chi connectivity index (χ2n) is 14.9. The number of unbranched alkanes of at least 4 members (excludes halogenated alkanes) is 19. The van der Waals surface area contributed by atoms with Crippen molar-refractivity contribution in [1.29, 1.82) is 0 Å². The van der Waals surface area contributed by atoms with Crippen LogP contribution in [0.15, 0.2) is 60.8 Å². The van der Waals surface area contributed by atoms with E-state index >= 15 is 0 Å². The van der Waals surface area contributed by atoms with Crippen molar-refractivity contribution in [3.63, 3.8) is 0 Å². The third-order valence-corrected chi connectivity index (χ3v) is 10.4. The van der Waals surface area contributed by atoms with Gasteiger partial charge in [0.1, 0.15) is 6.61 Å². The van der Waals surface area contributed by atoms with Crippen LogP contribution in [0.25, 0.3) is 0 Å². The van der Waals surface area contributed by atoms with Crippen LogP contribution in [0, 0.1) is 0 Å². The molecular formula is C47H84NO8P. The second-order valence-corrected chi connectivity index (χ2v) is 16.3. The number of hydrogen-bond acceptors (Lipinski definition) is 8. The molecule has 0 aromatic carbocycles. The molecule has 0 fully saturated rings. The molecule has 3 N–H and O–H groups in total. The van der Waals surface area contributed by atoms with Crippen molar-refractivity contribution in [3.8, 4) is 0 Å². The molecule has 2 unspecified atom stereocenters. The van der Waals surface area contributed by atoms with E-state index in [1.54, 1.807) is 0 Å². The van der Waals surface area contributed by atoms with E-state index in [4.69, 9.17) is 24.3 Å². The van der Waals surface area contributed by atoms with Crippen molar-refractivity contribution >= 4 is 19.8 Å². The van der Waals surface area contributed by atoms with Crippen molar-refractivity contribution in [2.75, 3.05) is 26.4 Å². The molecule has 0 aromatic heterocycles. The highest BCUT2D eigenvalue weighted by Gasteiger charge is 2.26. The molecule has 0 aliphatic heterocycles. The molecule has 0 spiro atoms. The van der Waals surface area contributed by atoms with E-state index in [0.717, 1.165) is 70.6 Å². The quantitative estimate of drug-likeness (QED) is 0.0267. The van der Waals surface area contributed by atoms with Gasteiger partial charge in [0.2, 0.25) is 0 Å². The normalized spacial score (nSPS) is 13.8. The Balaban J connectivity index is 4.19. The third kappa shape index (κ3) is 43.1. The highest BCUT2D eigenvalue weighted by Crippen LogP contribution is 2.43. The third-order valence-electron chi connectivity index (χ3n) is 9.42. The average molecular weight is 822 g/mol. The monoisotopic (exact) mass is 822 g/mol. The van der Waals surface area contributed by atoms with Crippen LogP contribution in [0.2, 0.25) is 0 Å². The van der Waals surface area contributed by atoms with E-state index in [0.29, 0.717) is 6.42 Å². The topological polar surface area (TPSA) is 134 Å². The first-order valence-electron chi connectivity index (χ1n) is 22.8. The first-order chi connectivity index (χ1) is 27.8. The summed E-state index contributed by atoms with van der Waals surface area (Å²) in [4.78, 5) is 34.9. The van der Waals surface area contributed by atoms with Crippen molar-refractivity contribution in [2.24, 2.45) is 5.73 Å². The Bertz CT molecular complexity index is 1120. The Morgan fingerprint density at radius 1 is 0.544 bits per heavy atom. The average Bonchev–Trinajstić information content (AvgIpc) is 3.20. The van der Waals surface area contributed by atoms with E-state index in [1.807, 2.05) is 0 Å². The van der Waals surface area contributed by atoms with E-state index in [1.165, 1.54) is 89.9 Å². The fourth-order valence-electron chi connectivity index (χ4n) is 6.07. The number of rotatable bonds is 42. The maximum atomic E-state index is 12.6. The fraction of sp³-hybridized carbons (Fsp3) is 0.745. The number of phosphoric ester groups is 1. The highest BCUT2D eigenvalue weighted by molar-refractivity contribution is 7.47. The second kappa shape index (κ2) is 43.3. The van der Waals surface area contributed by atoms with Gasteiger partial charge in [-0.2, -0.15) is 0 Å². The summed E-state index contributed by atoms with van der Waals surface area (Å²) in [5, 5.41) is 0. The minimum Gasteiger partial charge on any atom is -0.462 e. The molecule has 0 saturated heterocycles. The van der Waals surface area contributed by atoms with Gasteiger partial charge in [0, 0.05) is 19.4 Å². The number of allylic oxidation sites excluding steroid dienone is 10. The van der Waals surface area contributed by atoms with E-state index in [-0.39, 0.29) is 32.6 Å². The van der Waals surface area contributed by atoms with Gasteiger partial charge in [-0.05, 0) is 57.8 Å². The molecule has 330 valence electrons. The van der Waals surface area contributed by atoms with Gasteiger partial charge in [-0.25, -0.2) is 4.57 Å². The van der Waals surface area contributed by atoms with Gasteiger partial charge in [-0.3, -0.25) is 18.6 Å². The molecule has 0 amide bonds. The van der Waals surface area contributed by atoms with Gasteiger partial charge in [0.05, 0.1) is 13.2 Å². The Morgan fingerprint density at radius 3 is 1.44 bits per heavy atom. The molecule has 0 aromatic rings. The Labute approximate surface area is 349 Å². The van der Waals surface area contributed by atoms with Crippen LogP contribution in [-0.2, 0) is 32.7 Å². The maximum Gasteiger partial charge on any atom is 0.472 e. The zero-order valence-electron chi connectivity index (χ0n) is 36.3. The van der Waals surface area contributed by atoms with Gasteiger partial charge in [-0.15, -0.1) is 0 Å². The number of ether oxygens (including phenoxy) is 2. The molecule has 0 aliphatic rings. The smallest absolute Gasteiger partial charge is 0.462 e. The zero-order chi connectivity index (χ0) is 41.8. The van der Waals surface area contributed by atoms with Crippen LogP contribution in [0.5, 0.6) is 0 Å². The number of hydrogen-bond donors (Lipinski definition) is 2. The van der Waals surface area contributed by atoms with Crippen LogP contribution >= 0.6 is 7.82 Å². The number of esters is 2. The van der Waals surface area contributed by atoms with Crippen LogP contribution in [0.1, 0.15) is 194 Å². The molecule has 57 heavy (non-hydrogen) atoms. The van der Waals surface area contributed by atoms with E-state index in [2.05, 4.69) is 74.6 Å². The van der Waals surface area contributed by atoms with Crippen LogP contribution in [-0.4, -0.2) is 49.3 Å². The predicted molar refractivity (Wildman–Crippen MR) is 238 cm³/mol. The summed E-state index contributed by atoms with van der Waals surface area (Å²) in [5.74, 6) is -0.864. The largest absolute Gasteiger partial charge is 0.472 e. The molecule has 0 heterocycles. The van der Waals surface area contributed by atoms with Crippen molar-refractivity contribution in [3.05, 3.63) is 60.8 Å². The summed E-state index contributed by atoms with van der Waals surface area (Å²) in [7, 11) is -4.39. The van der Waals surface area contributed by atoms with Gasteiger partial charge < -0.3 is 20.1 Å². The molecule has 0 aliphatic carbocycles. The molecule has 10 heteroatoms. The summed E-state index contributed by atoms with van der Waals surface area (Å²) >= 11 is 0. The SMILES string of the molecule is CC/C=C\C/C=C\C/C=C\C/C=C\C/C=C\CCCCCC(=O)OC(COC(=O)CCCCCCCCCCCCCCCCCCC)COP(=O)(O)OCCN. The maximum absolute atomic E-state index is 12.6.